The molecule has 15 heavy (non-hydrogen) atoms. The molecule has 0 saturated carbocycles. The summed E-state index contributed by atoms with van der Waals surface area (Å²) in [5.41, 5.74) is 0.556. The molecule has 0 N–H and O–H groups in total. The minimum atomic E-state index is -0.323. The van der Waals surface area contributed by atoms with Crippen LogP contribution in [0.5, 0.6) is 0 Å². The van der Waals surface area contributed by atoms with E-state index in [0.717, 1.165) is 0 Å². The van der Waals surface area contributed by atoms with E-state index >= 15 is 0 Å². The van der Waals surface area contributed by atoms with E-state index in [0.29, 0.717) is 18.6 Å². The molecule has 0 saturated heterocycles. The van der Waals surface area contributed by atoms with Gasteiger partial charge in [-0.3, -0.25) is 4.79 Å². The normalized spacial score (nSPS) is 12.5. The Hall–Kier alpha value is -1.22. The third kappa shape index (κ3) is 3.44. The molecule has 1 atom stereocenters. The molecule has 0 heterocycles. The van der Waals surface area contributed by atoms with E-state index in [1.165, 1.54) is 24.3 Å². The highest BCUT2D eigenvalue weighted by Crippen LogP contribution is 2.12. The summed E-state index contributed by atoms with van der Waals surface area (Å²) in [5, 5.41) is 0. The lowest BCUT2D eigenvalue weighted by Gasteiger charge is -2.09. The lowest BCUT2D eigenvalue weighted by molar-refractivity contribution is 0.0893. The second-order valence-corrected chi connectivity index (χ2v) is 3.55. The SMILES string of the molecule is COCCC(C)C(=O)c1ccc(F)cc1. The lowest BCUT2D eigenvalue weighted by Crippen LogP contribution is -2.13. The van der Waals surface area contributed by atoms with E-state index in [1.54, 1.807) is 7.11 Å². The van der Waals surface area contributed by atoms with Crippen molar-refractivity contribution in [3.63, 3.8) is 0 Å². The molecule has 1 rings (SSSR count). The molecule has 1 aromatic rings. The van der Waals surface area contributed by atoms with Crippen LogP contribution in [0.1, 0.15) is 23.7 Å². The summed E-state index contributed by atoms with van der Waals surface area (Å²) in [6.45, 7) is 2.42. The third-order valence-corrected chi connectivity index (χ3v) is 2.33. The minimum Gasteiger partial charge on any atom is -0.385 e. The molecule has 3 heteroatoms. The van der Waals surface area contributed by atoms with Gasteiger partial charge < -0.3 is 4.74 Å². The van der Waals surface area contributed by atoms with Gasteiger partial charge in [0.15, 0.2) is 5.78 Å². The minimum absolute atomic E-state index is 0.0343. The smallest absolute Gasteiger partial charge is 0.165 e. The van der Waals surface area contributed by atoms with Gasteiger partial charge in [-0.05, 0) is 30.7 Å². The van der Waals surface area contributed by atoms with Gasteiger partial charge in [0.2, 0.25) is 0 Å². The standard InChI is InChI=1S/C12H15FO2/c1-9(7-8-15-2)12(14)10-3-5-11(13)6-4-10/h3-6,9H,7-8H2,1-2H3. The Morgan fingerprint density at radius 2 is 2.00 bits per heavy atom. The molecule has 0 fully saturated rings. The molecule has 0 aliphatic heterocycles. The van der Waals surface area contributed by atoms with Crippen molar-refractivity contribution in [3.05, 3.63) is 35.6 Å². The van der Waals surface area contributed by atoms with Gasteiger partial charge >= 0.3 is 0 Å². The summed E-state index contributed by atoms with van der Waals surface area (Å²) >= 11 is 0. The predicted octanol–water partition coefficient (Wildman–Crippen LogP) is 2.68. The van der Waals surface area contributed by atoms with Gasteiger partial charge in [-0.1, -0.05) is 6.92 Å². The maximum Gasteiger partial charge on any atom is 0.165 e. The number of ether oxygens (including phenoxy) is 1. The fourth-order valence-corrected chi connectivity index (χ4v) is 1.32. The van der Waals surface area contributed by atoms with E-state index in [4.69, 9.17) is 4.74 Å². The molecular formula is C12H15FO2. The van der Waals surface area contributed by atoms with Crippen molar-refractivity contribution in [1.29, 1.82) is 0 Å². The molecule has 0 radical (unpaired) electrons. The first-order valence-corrected chi connectivity index (χ1v) is 4.94. The second-order valence-electron chi connectivity index (χ2n) is 3.55. The van der Waals surface area contributed by atoms with Crippen LogP contribution in [0.2, 0.25) is 0 Å². The summed E-state index contributed by atoms with van der Waals surface area (Å²) < 4.78 is 17.5. The van der Waals surface area contributed by atoms with Gasteiger partial charge in [0.1, 0.15) is 5.82 Å². The van der Waals surface area contributed by atoms with Crippen LogP contribution in [0, 0.1) is 11.7 Å². The van der Waals surface area contributed by atoms with Crippen LogP contribution in [-0.2, 0) is 4.74 Å². The van der Waals surface area contributed by atoms with Crippen molar-refractivity contribution in [2.45, 2.75) is 13.3 Å². The van der Waals surface area contributed by atoms with Crippen LogP contribution >= 0.6 is 0 Å². The zero-order valence-corrected chi connectivity index (χ0v) is 9.00. The number of halogens is 1. The summed E-state index contributed by atoms with van der Waals surface area (Å²) in [4.78, 5) is 11.8. The van der Waals surface area contributed by atoms with E-state index < -0.39 is 0 Å². The van der Waals surface area contributed by atoms with Crippen LogP contribution in [0.3, 0.4) is 0 Å². The highest BCUT2D eigenvalue weighted by Gasteiger charge is 2.14. The van der Waals surface area contributed by atoms with Crippen molar-refractivity contribution in [2.75, 3.05) is 13.7 Å². The Kier molecular flexibility index (Phi) is 4.43. The van der Waals surface area contributed by atoms with Gasteiger partial charge in [-0.2, -0.15) is 0 Å². The largest absolute Gasteiger partial charge is 0.385 e. The predicted molar refractivity (Wildman–Crippen MR) is 56.4 cm³/mol. The Bertz CT molecular complexity index is 319. The first-order valence-electron chi connectivity index (χ1n) is 4.94. The molecule has 0 spiro atoms. The van der Waals surface area contributed by atoms with Crippen molar-refractivity contribution in [1.82, 2.24) is 0 Å². The maximum absolute atomic E-state index is 12.6. The van der Waals surface area contributed by atoms with Crippen LogP contribution in [0.25, 0.3) is 0 Å². The van der Waals surface area contributed by atoms with Gasteiger partial charge in [0.05, 0.1) is 0 Å². The molecule has 82 valence electrons. The fourth-order valence-electron chi connectivity index (χ4n) is 1.32. The van der Waals surface area contributed by atoms with E-state index in [-0.39, 0.29) is 17.5 Å². The number of Topliss-reactive ketones (excluding diaryl/α,β-unsaturated/α-hetero) is 1. The Labute approximate surface area is 89.1 Å². The molecule has 0 amide bonds. The van der Waals surface area contributed by atoms with E-state index in [2.05, 4.69) is 0 Å². The quantitative estimate of drug-likeness (QED) is 0.698. The molecule has 0 aliphatic rings. The number of carbonyl (C=O) groups excluding carboxylic acids is 1. The van der Waals surface area contributed by atoms with E-state index in [9.17, 15) is 9.18 Å². The first kappa shape index (κ1) is 11.9. The monoisotopic (exact) mass is 210 g/mol. The van der Waals surface area contributed by atoms with Crippen LogP contribution in [0.4, 0.5) is 4.39 Å². The highest BCUT2D eigenvalue weighted by molar-refractivity contribution is 5.97. The van der Waals surface area contributed by atoms with Crippen molar-refractivity contribution < 1.29 is 13.9 Å². The fraction of sp³-hybridized carbons (Fsp3) is 0.417. The number of rotatable bonds is 5. The topological polar surface area (TPSA) is 26.3 Å². The number of methoxy groups -OCH3 is 1. The van der Waals surface area contributed by atoms with Gasteiger partial charge in [-0.25, -0.2) is 4.39 Å². The van der Waals surface area contributed by atoms with Crippen LogP contribution in [-0.4, -0.2) is 19.5 Å². The Morgan fingerprint density at radius 3 is 2.53 bits per heavy atom. The average Bonchev–Trinajstić information content (AvgIpc) is 2.26. The molecule has 0 aliphatic carbocycles. The van der Waals surface area contributed by atoms with Crippen molar-refractivity contribution in [2.24, 2.45) is 5.92 Å². The van der Waals surface area contributed by atoms with Gasteiger partial charge in [-0.15, -0.1) is 0 Å². The summed E-state index contributed by atoms with van der Waals surface area (Å²) in [5.74, 6) is -0.376. The van der Waals surface area contributed by atoms with Gasteiger partial charge in [0.25, 0.3) is 0 Å². The maximum atomic E-state index is 12.6. The highest BCUT2D eigenvalue weighted by atomic mass is 19.1. The van der Waals surface area contributed by atoms with Crippen molar-refractivity contribution >= 4 is 5.78 Å². The van der Waals surface area contributed by atoms with Crippen LogP contribution in [0.15, 0.2) is 24.3 Å². The molecular weight excluding hydrogens is 195 g/mol. The summed E-state index contributed by atoms with van der Waals surface area (Å²) in [6.07, 6.45) is 0.687. The summed E-state index contributed by atoms with van der Waals surface area (Å²) in [6, 6.07) is 5.63. The Balaban J connectivity index is 2.63. The molecule has 2 nitrogen and oxygen atoms in total. The Morgan fingerprint density at radius 1 is 1.40 bits per heavy atom. The van der Waals surface area contributed by atoms with Gasteiger partial charge in [0, 0.05) is 25.2 Å². The molecule has 0 bridgehead atoms. The molecule has 1 aromatic carbocycles. The number of ketones is 1. The van der Waals surface area contributed by atoms with Crippen LogP contribution < -0.4 is 0 Å². The van der Waals surface area contributed by atoms with Crippen molar-refractivity contribution in [3.8, 4) is 0 Å². The number of hydrogen-bond donors (Lipinski definition) is 0. The first-order chi connectivity index (χ1) is 7.15. The molecule has 0 aromatic heterocycles. The average molecular weight is 210 g/mol. The zero-order valence-electron chi connectivity index (χ0n) is 9.00. The van der Waals surface area contributed by atoms with E-state index in [1.807, 2.05) is 6.92 Å². The third-order valence-electron chi connectivity index (χ3n) is 2.33. The lowest BCUT2D eigenvalue weighted by atomic mass is 9.97. The molecule has 1 unspecified atom stereocenters. The number of benzene rings is 1. The second kappa shape index (κ2) is 5.61. The number of carbonyl (C=O) groups is 1. The summed E-state index contributed by atoms with van der Waals surface area (Å²) in [7, 11) is 1.61. The number of hydrogen-bond acceptors (Lipinski definition) is 2. The zero-order chi connectivity index (χ0) is 11.3.